The van der Waals surface area contributed by atoms with E-state index in [1.54, 1.807) is 17.1 Å². The summed E-state index contributed by atoms with van der Waals surface area (Å²) in [6.45, 7) is 5.13. The van der Waals surface area contributed by atoms with Crippen molar-refractivity contribution in [2.24, 2.45) is 0 Å². The van der Waals surface area contributed by atoms with Gasteiger partial charge in [-0.25, -0.2) is 19.6 Å². The Bertz CT molecular complexity index is 1760. The number of hydrogen-bond donors (Lipinski definition) is 2. The molecule has 11 heteroatoms. The summed E-state index contributed by atoms with van der Waals surface area (Å²) in [5.74, 6) is 2.78. The van der Waals surface area contributed by atoms with Gasteiger partial charge in [0.05, 0.1) is 11.3 Å². The number of likely N-dealkylation sites (tertiary alicyclic amines) is 1. The molecule has 2 aliphatic heterocycles. The molecule has 3 N–H and O–H groups in total. The average molecular weight is 564 g/mol. The van der Waals surface area contributed by atoms with E-state index in [1.165, 1.54) is 16.5 Å². The second-order valence-corrected chi connectivity index (χ2v) is 11.3. The third kappa shape index (κ3) is 4.66. The number of thioether (sulfide) groups is 1. The van der Waals surface area contributed by atoms with Gasteiger partial charge in [0.15, 0.2) is 17.3 Å². The van der Waals surface area contributed by atoms with Gasteiger partial charge in [-0.2, -0.15) is 5.10 Å². The number of pyridine rings is 2. The van der Waals surface area contributed by atoms with Crippen molar-refractivity contribution < 1.29 is 4.79 Å². The minimum Gasteiger partial charge on any atom is -0.383 e. The van der Waals surface area contributed by atoms with Gasteiger partial charge < -0.3 is 16.0 Å². The number of hydrogen-bond acceptors (Lipinski definition) is 8. The quantitative estimate of drug-likeness (QED) is 0.296. The van der Waals surface area contributed by atoms with Gasteiger partial charge in [0.2, 0.25) is 5.91 Å². The summed E-state index contributed by atoms with van der Waals surface area (Å²) in [6, 6.07) is 16.7. The summed E-state index contributed by atoms with van der Waals surface area (Å²) >= 11 is 1.85. The number of carbonyl (C=O) groups is 1. The minimum atomic E-state index is 0.0171. The van der Waals surface area contributed by atoms with Crippen molar-refractivity contribution in [3.8, 4) is 22.9 Å². The number of nitrogens with two attached hydrogens (primary N) is 1. The molecule has 1 amide bonds. The van der Waals surface area contributed by atoms with Gasteiger partial charge in [0.25, 0.3) is 0 Å². The first-order valence-electron chi connectivity index (χ1n) is 13.6. The molecule has 7 rings (SSSR count). The zero-order valence-electron chi connectivity index (χ0n) is 22.3. The van der Waals surface area contributed by atoms with Crippen molar-refractivity contribution in [2.75, 3.05) is 24.6 Å². The van der Waals surface area contributed by atoms with E-state index >= 15 is 0 Å². The van der Waals surface area contributed by atoms with Crippen LogP contribution in [0.15, 0.2) is 84.7 Å². The number of aromatic nitrogens is 6. The Morgan fingerprint density at radius 1 is 1.10 bits per heavy atom. The highest BCUT2D eigenvalue weighted by Gasteiger charge is 2.29. The van der Waals surface area contributed by atoms with E-state index in [2.05, 4.69) is 44.7 Å². The SMILES string of the molecule is C=CC(=O)N1CCC(NC2CSc3cc(-n4c(-c5cccnc5N)nc5ccc(-n6cccn6)nc54)ccc32)CC1. The normalized spacial score (nSPS) is 17.2. The minimum absolute atomic E-state index is 0.0171. The summed E-state index contributed by atoms with van der Waals surface area (Å²) in [5.41, 5.74) is 10.8. The van der Waals surface area contributed by atoms with Gasteiger partial charge in [0.1, 0.15) is 11.3 Å². The van der Waals surface area contributed by atoms with E-state index in [4.69, 9.17) is 15.7 Å². The molecule has 206 valence electrons. The van der Waals surface area contributed by atoms with Crippen LogP contribution in [0.5, 0.6) is 0 Å². The molecule has 1 atom stereocenters. The Morgan fingerprint density at radius 2 is 1.98 bits per heavy atom. The fraction of sp³-hybridized carbons (Fsp3) is 0.233. The molecule has 0 saturated carbocycles. The van der Waals surface area contributed by atoms with Crippen molar-refractivity contribution in [2.45, 2.75) is 29.8 Å². The molecule has 2 aliphatic rings. The number of piperidine rings is 1. The summed E-state index contributed by atoms with van der Waals surface area (Å²) < 4.78 is 3.80. The Balaban J connectivity index is 1.24. The third-order valence-corrected chi connectivity index (χ3v) is 8.93. The average Bonchev–Trinajstić information content (AvgIpc) is 3.76. The number of fused-ring (bicyclic) bond motifs is 2. The van der Waals surface area contributed by atoms with Gasteiger partial charge in [0, 0.05) is 54.4 Å². The summed E-state index contributed by atoms with van der Waals surface area (Å²) in [6.07, 6.45) is 8.57. The maximum Gasteiger partial charge on any atom is 0.245 e. The standard InChI is InChI=1S/C30H29N9OS/c1-2-27(40)37-15-10-19(11-16-37)34-24-18-41-25-17-20(6-7-21(24)25)39-29(22-5-3-12-32-28(22)31)35-23-8-9-26(36-30(23)39)38-14-4-13-33-38/h2-9,12-14,17,19,24,34H,1,10-11,15-16,18H2,(H2,31,32). The number of amides is 1. The number of nitrogen functional groups attached to an aromatic ring is 1. The number of benzene rings is 1. The van der Waals surface area contributed by atoms with Crippen LogP contribution in [-0.2, 0) is 4.79 Å². The van der Waals surface area contributed by atoms with E-state index in [0.717, 1.165) is 54.1 Å². The summed E-state index contributed by atoms with van der Waals surface area (Å²) in [4.78, 5) is 29.3. The summed E-state index contributed by atoms with van der Waals surface area (Å²) in [7, 11) is 0. The van der Waals surface area contributed by atoms with Crippen molar-refractivity contribution in [3.63, 3.8) is 0 Å². The Hall–Kier alpha value is -4.48. The van der Waals surface area contributed by atoms with Crippen LogP contribution in [0.1, 0.15) is 24.4 Å². The zero-order valence-corrected chi connectivity index (χ0v) is 23.2. The zero-order chi connectivity index (χ0) is 27.9. The molecule has 0 aliphatic carbocycles. The maximum atomic E-state index is 12.0. The fourth-order valence-electron chi connectivity index (χ4n) is 5.67. The first-order valence-corrected chi connectivity index (χ1v) is 14.6. The molecule has 4 aromatic heterocycles. The van der Waals surface area contributed by atoms with Crippen molar-refractivity contribution in [1.82, 2.24) is 39.5 Å². The molecule has 41 heavy (non-hydrogen) atoms. The van der Waals surface area contributed by atoms with Gasteiger partial charge in [-0.3, -0.25) is 9.36 Å². The predicted molar refractivity (Wildman–Crippen MR) is 160 cm³/mol. The molecule has 6 heterocycles. The number of rotatable bonds is 6. The van der Waals surface area contributed by atoms with E-state index in [0.29, 0.717) is 23.5 Å². The third-order valence-electron chi connectivity index (χ3n) is 7.76. The molecule has 10 nitrogen and oxygen atoms in total. The van der Waals surface area contributed by atoms with Crippen LogP contribution >= 0.6 is 11.8 Å². The van der Waals surface area contributed by atoms with Crippen LogP contribution in [0, 0.1) is 0 Å². The molecule has 1 unspecified atom stereocenters. The number of anilines is 1. The maximum absolute atomic E-state index is 12.0. The lowest BCUT2D eigenvalue weighted by Crippen LogP contribution is -2.45. The predicted octanol–water partition coefficient (Wildman–Crippen LogP) is 4.16. The first-order chi connectivity index (χ1) is 20.1. The monoisotopic (exact) mass is 563 g/mol. The lowest BCUT2D eigenvalue weighted by atomic mass is 10.0. The van der Waals surface area contributed by atoms with Gasteiger partial charge in [-0.1, -0.05) is 12.6 Å². The molecular formula is C30H29N9OS. The topological polar surface area (TPSA) is 120 Å². The Kier molecular flexibility index (Phi) is 6.52. The van der Waals surface area contributed by atoms with E-state index < -0.39 is 0 Å². The molecular weight excluding hydrogens is 534 g/mol. The van der Waals surface area contributed by atoms with Crippen LogP contribution < -0.4 is 11.1 Å². The summed E-state index contributed by atoms with van der Waals surface area (Å²) in [5, 5.41) is 8.21. The second-order valence-electron chi connectivity index (χ2n) is 10.2. The molecule has 0 radical (unpaired) electrons. The van der Waals surface area contributed by atoms with E-state index in [1.807, 2.05) is 53.2 Å². The highest BCUT2D eigenvalue weighted by Crippen LogP contribution is 2.41. The molecule has 1 aromatic carbocycles. The number of imidazole rings is 1. The van der Waals surface area contributed by atoms with Crippen LogP contribution in [0.4, 0.5) is 5.82 Å². The Morgan fingerprint density at radius 3 is 2.76 bits per heavy atom. The smallest absolute Gasteiger partial charge is 0.245 e. The second kappa shape index (κ2) is 10.5. The van der Waals surface area contributed by atoms with Crippen LogP contribution in [0.3, 0.4) is 0 Å². The number of nitrogens with one attached hydrogen (secondary N) is 1. The van der Waals surface area contributed by atoms with Crippen molar-refractivity contribution in [3.05, 3.63) is 85.3 Å². The van der Waals surface area contributed by atoms with Crippen LogP contribution in [0.25, 0.3) is 34.1 Å². The molecule has 1 saturated heterocycles. The molecule has 1 fully saturated rings. The lowest BCUT2D eigenvalue weighted by Gasteiger charge is -2.33. The van der Waals surface area contributed by atoms with E-state index in [9.17, 15) is 4.79 Å². The van der Waals surface area contributed by atoms with Crippen LogP contribution in [-0.4, -0.2) is 65.0 Å². The largest absolute Gasteiger partial charge is 0.383 e. The number of nitrogens with zero attached hydrogens (tertiary/aromatic N) is 7. The van der Waals surface area contributed by atoms with E-state index in [-0.39, 0.29) is 11.9 Å². The van der Waals surface area contributed by atoms with Gasteiger partial charge in [-0.05, 0) is 66.9 Å². The van der Waals surface area contributed by atoms with Crippen molar-refractivity contribution >= 4 is 34.7 Å². The molecule has 0 bridgehead atoms. The number of carbonyl (C=O) groups excluding carboxylic acids is 1. The molecule has 0 spiro atoms. The Labute approximate surface area is 241 Å². The lowest BCUT2D eigenvalue weighted by molar-refractivity contribution is -0.127. The first kappa shape index (κ1) is 25.5. The highest BCUT2D eigenvalue weighted by molar-refractivity contribution is 7.99. The molecule has 5 aromatic rings. The van der Waals surface area contributed by atoms with Crippen molar-refractivity contribution in [1.29, 1.82) is 0 Å². The van der Waals surface area contributed by atoms with Gasteiger partial charge in [-0.15, -0.1) is 11.8 Å². The van der Waals surface area contributed by atoms with Gasteiger partial charge >= 0.3 is 0 Å². The highest BCUT2D eigenvalue weighted by atomic mass is 32.2. The van der Waals surface area contributed by atoms with Crippen LogP contribution in [0.2, 0.25) is 0 Å². The fourth-order valence-corrected chi connectivity index (χ4v) is 6.87.